The molecule has 88 valence electrons. The van der Waals surface area contributed by atoms with Gasteiger partial charge in [-0.1, -0.05) is 12.1 Å². The molecule has 17 heavy (non-hydrogen) atoms. The first-order valence-corrected chi connectivity index (χ1v) is 6.03. The average Bonchev–Trinajstić information content (AvgIpc) is 2.87. The molecular formula is C13H16N4. The smallest absolute Gasteiger partial charge is 0.147 e. The number of hydrogen-bond donors (Lipinski definition) is 1. The maximum Gasteiger partial charge on any atom is 0.147 e. The van der Waals surface area contributed by atoms with E-state index in [9.17, 15) is 0 Å². The summed E-state index contributed by atoms with van der Waals surface area (Å²) < 4.78 is 0. The van der Waals surface area contributed by atoms with E-state index in [4.69, 9.17) is 5.73 Å². The molecule has 0 aliphatic carbocycles. The lowest BCUT2D eigenvalue weighted by molar-refractivity contribution is 0.602. The Kier molecular flexibility index (Phi) is 2.65. The van der Waals surface area contributed by atoms with E-state index in [1.54, 1.807) is 0 Å². The third-order valence-electron chi connectivity index (χ3n) is 3.38. The highest BCUT2D eigenvalue weighted by atomic mass is 15.2. The third kappa shape index (κ3) is 1.96. The maximum atomic E-state index is 5.70. The fourth-order valence-electron chi connectivity index (χ4n) is 2.33. The predicted molar refractivity (Wildman–Crippen MR) is 68.9 cm³/mol. The average molecular weight is 228 g/mol. The molecule has 4 heteroatoms. The number of nitrogens with zero attached hydrogens (tertiary/aromatic N) is 3. The summed E-state index contributed by atoms with van der Waals surface area (Å²) in [5.74, 6) is 1.57. The van der Waals surface area contributed by atoms with Crippen molar-refractivity contribution in [1.82, 2.24) is 9.97 Å². The van der Waals surface area contributed by atoms with Crippen molar-refractivity contribution >= 4 is 16.9 Å². The zero-order valence-corrected chi connectivity index (χ0v) is 9.71. The predicted octanol–water partition coefficient (Wildman–Crippen LogP) is 1.41. The summed E-state index contributed by atoms with van der Waals surface area (Å²) in [7, 11) is 0. The van der Waals surface area contributed by atoms with Crippen molar-refractivity contribution in [3.63, 3.8) is 0 Å². The number of para-hydroxylation sites is 2. The van der Waals surface area contributed by atoms with Crippen molar-refractivity contribution < 1.29 is 0 Å². The Bertz CT molecular complexity index is 526. The Morgan fingerprint density at radius 1 is 1.29 bits per heavy atom. The number of nitrogens with two attached hydrogens (primary N) is 1. The van der Waals surface area contributed by atoms with Gasteiger partial charge in [0.1, 0.15) is 5.82 Å². The van der Waals surface area contributed by atoms with Crippen molar-refractivity contribution in [3.8, 4) is 0 Å². The molecule has 2 N–H and O–H groups in total. The number of rotatable bonds is 2. The Morgan fingerprint density at radius 2 is 2.12 bits per heavy atom. The van der Waals surface area contributed by atoms with Crippen molar-refractivity contribution in [2.45, 2.75) is 6.42 Å². The monoisotopic (exact) mass is 228 g/mol. The molecule has 0 radical (unpaired) electrons. The standard InChI is InChI=1S/C13H16N4/c14-7-10-5-6-17(9-10)13-8-15-11-3-1-2-4-12(11)16-13/h1-4,8,10H,5-7,9,14H2/t10-/m0/s1. The van der Waals surface area contributed by atoms with Crippen LogP contribution in [0.1, 0.15) is 6.42 Å². The minimum Gasteiger partial charge on any atom is -0.355 e. The molecule has 3 rings (SSSR count). The van der Waals surface area contributed by atoms with Crippen molar-refractivity contribution in [3.05, 3.63) is 30.5 Å². The quantitative estimate of drug-likeness (QED) is 0.844. The van der Waals surface area contributed by atoms with E-state index in [1.165, 1.54) is 0 Å². The first-order chi connectivity index (χ1) is 8.36. The van der Waals surface area contributed by atoms with Gasteiger partial charge in [0, 0.05) is 13.1 Å². The molecule has 0 unspecified atom stereocenters. The summed E-state index contributed by atoms with van der Waals surface area (Å²) in [6.07, 6.45) is 3.02. The van der Waals surface area contributed by atoms with Crippen molar-refractivity contribution in [2.24, 2.45) is 11.7 Å². The first kappa shape index (κ1) is 10.5. The minimum atomic E-state index is 0.600. The SMILES string of the molecule is NC[C@@H]1CCN(c2cnc3ccccc3n2)C1. The first-order valence-electron chi connectivity index (χ1n) is 6.03. The molecule has 0 saturated carbocycles. The Labute approximate surface area is 100 Å². The molecule has 1 aromatic carbocycles. The van der Waals surface area contributed by atoms with Crippen LogP contribution < -0.4 is 10.6 Å². The zero-order valence-electron chi connectivity index (χ0n) is 9.71. The van der Waals surface area contributed by atoms with Crippen LogP contribution in [0.25, 0.3) is 11.0 Å². The summed E-state index contributed by atoms with van der Waals surface area (Å²) in [6, 6.07) is 7.96. The van der Waals surface area contributed by atoms with Gasteiger partial charge in [0.05, 0.1) is 17.2 Å². The lowest BCUT2D eigenvalue weighted by Gasteiger charge is -2.17. The van der Waals surface area contributed by atoms with Gasteiger partial charge in [0.2, 0.25) is 0 Å². The molecule has 1 fully saturated rings. The van der Waals surface area contributed by atoms with E-state index in [1.807, 2.05) is 30.5 Å². The highest BCUT2D eigenvalue weighted by molar-refractivity contribution is 5.75. The summed E-state index contributed by atoms with van der Waals surface area (Å²) in [5.41, 5.74) is 7.61. The molecule has 0 spiro atoms. The molecule has 1 aliphatic rings. The Balaban J connectivity index is 1.91. The molecular weight excluding hydrogens is 212 g/mol. The van der Waals surface area contributed by atoms with E-state index >= 15 is 0 Å². The molecule has 0 amide bonds. The summed E-state index contributed by atoms with van der Waals surface area (Å²) in [5, 5.41) is 0. The van der Waals surface area contributed by atoms with E-state index in [2.05, 4.69) is 14.9 Å². The van der Waals surface area contributed by atoms with Crippen LogP contribution in [0, 0.1) is 5.92 Å². The maximum absolute atomic E-state index is 5.70. The largest absolute Gasteiger partial charge is 0.355 e. The molecule has 1 saturated heterocycles. The highest BCUT2D eigenvalue weighted by Gasteiger charge is 2.22. The summed E-state index contributed by atoms with van der Waals surface area (Å²) in [6.45, 7) is 2.80. The molecule has 2 aromatic rings. The van der Waals surface area contributed by atoms with Crippen LogP contribution in [-0.4, -0.2) is 29.6 Å². The second-order valence-electron chi connectivity index (χ2n) is 4.55. The van der Waals surface area contributed by atoms with Gasteiger partial charge in [-0.05, 0) is 31.0 Å². The lowest BCUT2D eigenvalue weighted by atomic mass is 10.1. The summed E-state index contributed by atoms with van der Waals surface area (Å²) in [4.78, 5) is 11.4. The minimum absolute atomic E-state index is 0.600. The third-order valence-corrected chi connectivity index (χ3v) is 3.38. The second kappa shape index (κ2) is 4.30. The fourth-order valence-corrected chi connectivity index (χ4v) is 2.33. The van der Waals surface area contributed by atoms with Crippen LogP contribution in [-0.2, 0) is 0 Å². The van der Waals surface area contributed by atoms with E-state index in [0.29, 0.717) is 5.92 Å². The number of benzene rings is 1. The summed E-state index contributed by atoms with van der Waals surface area (Å²) >= 11 is 0. The van der Waals surface area contributed by atoms with Crippen LogP contribution in [0.3, 0.4) is 0 Å². The fraction of sp³-hybridized carbons (Fsp3) is 0.385. The highest BCUT2D eigenvalue weighted by Crippen LogP contribution is 2.22. The number of hydrogen-bond acceptors (Lipinski definition) is 4. The normalized spacial score (nSPS) is 20.1. The molecule has 1 aliphatic heterocycles. The van der Waals surface area contributed by atoms with Crippen molar-refractivity contribution in [1.29, 1.82) is 0 Å². The van der Waals surface area contributed by atoms with Gasteiger partial charge < -0.3 is 10.6 Å². The van der Waals surface area contributed by atoms with Gasteiger partial charge in [-0.25, -0.2) is 4.98 Å². The van der Waals surface area contributed by atoms with E-state index < -0.39 is 0 Å². The molecule has 0 bridgehead atoms. The van der Waals surface area contributed by atoms with Crippen LogP contribution in [0.15, 0.2) is 30.5 Å². The van der Waals surface area contributed by atoms with Gasteiger partial charge in [0.25, 0.3) is 0 Å². The van der Waals surface area contributed by atoms with Crippen LogP contribution in [0.4, 0.5) is 5.82 Å². The topological polar surface area (TPSA) is 55.0 Å². The Morgan fingerprint density at radius 3 is 2.88 bits per heavy atom. The molecule has 1 aromatic heterocycles. The second-order valence-corrected chi connectivity index (χ2v) is 4.55. The number of aromatic nitrogens is 2. The van der Waals surface area contributed by atoms with Gasteiger partial charge in [-0.3, -0.25) is 4.98 Å². The lowest BCUT2D eigenvalue weighted by Crippen LogP contribution is -2.23. The zero-order chi connectivity index (χ0) is 11.7. The van der Waals surface area contributed by atoms with E-state index in [0.717, 1.165) is 42.9 Å². The molecule has 4 nitrogen and oxygen atoms in total. The van der Waals surface area contributed by atoms with Crippen LogP contribution >= 0.6 is 0 Å². The molecule has 2 heterocycles. The van der Waals surface area contributed by atoms with Crippen molar-refractivity contribution in [2.75, 3.05) is 24.5 Å². The van der Waals surface area contributed by atoms with Gasteiger partial charge in [-0.15, -0.1) is 0 Å². The van der Waals surface area contributed by atoms with Gasteiger partial charge >= 0.3 is 0 Å². The molecule has 1 atom stereocenters. The van der Waals surface area contributed by atoms with Crippen LogP contribution in [0.5, 0.6) is 0 Å². The van der Waals surface area contributed by atoms with Gasteiger partial charge in [0.15, 0.2) is 0 Å². The Hall–Kier alpha value is -1.68. The van der Waals surface area contributed by atoms with Gasteiger partial charge in [-0.2, -0.15) is 0 Å². The van der Waals surface area contributed by atoms with Crippen LogP contribution in [0.2, 0.25) is 0 Å². The van der Waals surface area contributed by atoms with E-state index in [-0.39, 0.29) is 0 Å². The number of fused-ring (bicyclic) bond motifs is 1. The number of anilines is 1.